The lowest BCUT2D eigenvalue weighted by Gasteiger charge is -2.14. The number of hydrogen-bond acceptors (Lipinski definition) is 7. The highest BCUT2D eigenvalue weighted by Crippen LogP contribution is 2.44. The number of ether oxygens (including phenoxy) is 2. The van der Waals surface area contributed by atoms with Crippen LogP contribution in [0.25, 0.3) is 0 Å². The summed E-state index contributed by atoms with van der Waals surface area (Å²) in [7, 11) is -3.95. The minimum absolute atomic E-state index is 0.00734. The van der Waals surface area contributed by atoms with E-state index < -0.39 is 7.82 Å². The number of carbonyl (C=O) groups excluding carboxylic acids is 2. The van der Waals surface area contributed by atoms with Gasteiger partial charge in [0, 0.05) is 19.0 Å². The number of nitrogens with one attached hydrogen (secondary N) is 2. The molecule has 1 atom stereocenters. The molecule has 0 spiro atoms. The number of carbonyl (C=O) groups is 2. The topological polar surface area (TPSA) is 132 Å². The number of amides is 2. The highest BCUT2D eigenvalue weighted by molar-refractivity contribution is 7.47. The largest absolute Gasteiger partial charge is 0.472 e. The Morgan fingerprint density at radius 3 is 2.20 bits per heavy atom. The molecule has 30 heavy (non-hydrogen) atoms. The Balaban J connectivity index is 3.40. The number of rotatable bonds is 19. The molecular weight excluding hydrogens is 415 g/mol. The molecule has 0 aliphatic carbocycles. The molecule has 0 saturated heterocycles. The summed E-state index contributed by atoms with van der Waals surface area (Å²) in [5.74, 6) is -0.237. The van der Waals surface area contributed by atoms with Crippen LogP contribution in [-0.4, -0.2) is 68.9 Å². The highest BCUT2D eigenvalue weighted by atomic mass is 31.2. The molecule has 10 nitrogen and oxygen atoms in total. The third kappa shape index (κ3) is 19.0. The lowest BCUT2D eigenvalue weighted by Crippen LogP contribution is -2.31. The molecule has 0 fully saturated rings. The highest BCUT2D eigenvalue weighted by Gasteiger charge is 2.21. The molecule has 2 amide bonds. The van der Waals surface area contributed by atoms with Gasteiger partial charge in [0.2, 0.25) is 11.8 Å². The summed E-state index contributed by atoms with van der Waals surface area (Å²) in [5, 5.41) is 5.51. The van der Waals surface area contributed by atoms with E-state index in [0.29, 0.717) is 39.3 Å². The van der Waals surface area contributed by atoms with Gasteiger partial charge in [-0.3, -0.25) is 18.6 Å². The minimum Gasteiger partial charge on any atom is -0.377 e. The van der Waals surface area contributed by atoms with Crippen LogP contribution in [0, 0.1) is 5.92 Å². The summed E-state index contributed by atoms with van der Waals surface area (Å²) in [6, 6.07) is 0. The summed E-state index contributed by atoms with van der Waals surface area (Å²) in [6.07, 6.45) is 2.76. The van der Waals surface area contributed by atoms with Gasteiger partial charge in [-0.1, -0.05) is 26.7 Å². The first-order valence-corrected chi connectivity index (χ1v) is 12.0. The van der Waals surface area contributed by atoms with Crippen molar-refractivity contribution in [2.75, 3.05) is 46.1 Å². The Labute approximate surface area is 180 Å². The fourth-order valence-electron chi connectivity index (χ4n) is 2.17. The summed E-state index contributed by atoms with van der Waals surface area (Å²) < 4.78 is 31.7. The predicted octanol–water partition coefficient (Wildman–Crippen LogP) is 2.01. The maximum atomic E-state index is 11.6. The van der Waals surface area contributed by atoms with E-state index in [2.05, 4.69) is 10.6 Å². The van der Waals surface area contributed by atoms with Gasteiger partial charge < -0.3 is 25.0 Å². The fourth-order valence-corrected chi connectivity index (χ4v) is 3.13. The van der Waals surface area contributed by atoms with Gasteiger partial charge >= 0.3 is 7.82 Å². The van der Waals surface area contributed by atoms with Crippen LogP contribution < -0.4 is 10.6 Å². The molecule has 3 N–H and O–H groups in total. The van der Waals surface area contributed by atoms with E-state index in [1.54, 1.807) is 13.8 Å². The Hall–Kier alpha value is -1.03. The third-order valence-electron chi connectivity index (χ3n) is 3.67. The molecule has 0 radical (unpaired) electrons. The van der Waals surface area contributed by atoms with E-state index in [1.165, 1.54) is 0 Å². The first-order chi connectivity index (χ1) is 14.1. The minimum atomic E-state index is -3.95. The van der Waals surface area contributed by atoms with Crippen molar-refractivity contribution in [1.29, 1.82) is 0 Å². The number of phosphoric ester groups is 1. The Morgan fingerprint density at radius 2 is 1.53 bits per heavy atom. The van der Waals surface area contributed by atoms with Crippen LogP contribution in [0.5, 0.6) is 0 Å². The van der Waals surface area contributed by atoms with Crippen molar-refractivity contribution in [2.45, 2.75) is 59.5 Å². The van der Waals surface area contributed by atoms with Gasteiger partial charge in [0.25, 0.3) is 0 Å². The van der Waals surface area contributed by atoms with Crippen LogP contribution in [0.15, 0.2) is 0 Å². The second-order valence-corrected chi connectivity index (χ2v) is 8.74. The maximum absolute atomic E-state index is 11.6. The third-order valence-corrected chi connectivity index (χ3v) is 4.86. The maximum Gasteiger partial charge on any atom is 0.472 e. The predicted molar refractivity (Wildman–Crippen MR) is 113 cm³/mol. The lowest BCUT2D eigenvalue weighted by molar-refractivity contribution is -0.126. The quantitative estimate of drug-likeness (QED) is 0.199. The second kappa shape index (κ2) is 17.6. The molecule has 0 bridgehead atoms. The molecule has 178 valence electrons. The normalized spacial score (nSPS) is 13.4. The second-order valence-electron chi connectivity index (χ2n) is 7.33. The van der Waals surface area contributed by atoms with Crippen LogP contribution in [0.4, 0.5) is 0 Å². The average Bonchev–Trinajstić information content (AvgIpc) is 2.64. The van der Waals surface area contributed by atoms with Crippen LogP contribution in [-0.2, 0) is 32.7 Å². The SMILES string of the molecule is CC(C)OP(=O)(O)OCCCCCCNC(=O)COCCOCCNC(=O)C(C)C. The smallest absolute Gasteiger partial charge is 0.377 e. The Kier molecular flexibility index (Phi) is 17.0. The first-order valence-electron chi connectivity index (χ1n) is 10.5. The van der Waals surface area contributed by atoms with E-state index >= 15 is 0 Å². The molecule has 0 rings (SSSR count). The zero-order chi connectivity index (χ0) is 22.8. The van der Waals surface area contributed by atoms with Gasteiger partial charge in [0.05, 0.1) is 32.5 Å². The first kappa shape index (κ1) is 29.0. The van der Waals surface area contributed by atoms with Gasteiger partial charge in [-0.25, -0.2) is 4.57 Å². The molecule has 0 aromatic rings. The van der Waals surface area contributed by atoms with Crippen LogP contribution in [0.2, 0.25) is 0 Å². The van der Waals surface area contributed by atoms with Gasteiger partial charge in [-0.05, 0) is 26.7 Å². The van der Waals surface area contributed by atoms with Crippen LogP contribution >= 0.6 is 7.82 Å². The lowest BCUT2D eigenvalue weighted by atomic mass is 10.2. The Bertz CT molecular complexity index is 517. The van der Waals surface area contributed by atoms with Crippen LogP contribution in [0.1, 0.15) is 53.4 Å². The molecule has 0 heterocycles. The van der Waals surface area contributed by atoms with Crippen LogP contribution in [0.3, 0.4) is 0 Å². The Morgan fingerprint density at radius 1 is 0.867 bits per heavy atom. The molecule has 1 unspecified atom stereocenters. The monoisotopic (exact) mass is 454 g/mol. The van der Waals surface area contributed by atoms with E-state index in [1.807, 2.05) is 13.8 Å². The van der Waals surface area contributed by atoms with Crippen molar-refractivity contribution in [3.05, 3.63) is 0 Å². The number of unbranched alkanes of at least 4 members (excludes halogenated alkanes) is 3. The van der Waals surface area contributed by atoms with Gasteiger partial charge in [0.15, 0.2) is 0 Å². The van der Waals surface area contributed by atoms with Crippen molar-refractivity contribution in [3.63, 3.8) is 0 Å². The zero-order valence-corrected chi connectivity index (χ0v) is 19.6. The van der Waals surface area contributed by atoms with Crippen molar-refractivity contribution in [2.24, 2.45) is 5.92 Å². The number of phosphoric acid groups is 1. The van der Waals surface area contributed by atoms with Gasteiger partial charge in [0.1, 0.15) is 6.61 Å². The van der Waals surface area contributed by atoms with E-state index in [0.717, 1.165) is 19.3 Å². The molecule has 0 aliphatic heterocycles. The summed E-state index contributed by atoms with van der Waals surface area (Å²) >= 11 is 0. The van der Waals surface area contributed by atoms with Crippen molar-refractivity contribution in [1.82, 2.24) is 10.6 Å². The van der Waals surface area contributed by atoms with E-state index in [9.17, 15) is 19.0 Å². The molecule has 0 aromatic carbocycles. The van der Waals surface area contributed by atoms with Crippen molar-refractivity contribution >= 4 is 19.6 Å². The summed E-state index contributed by atoms with van der Waals surface area (Å²) in [4.78, 5) is 32.4. The van der Waals surface area contributed by atoms with Crippen molar-refractivity contribution in [3.8, 4) is 0 Å². The fraction of sp³-hybridized carbons (Fsp3) is 0.895. The van der Waals surface area contributed by atoms with Gasteiger partial charge in [-0.2, -0.15) is 0 Å². The standard InChI is InChI=1S/C19H39N2O8P/c1-16(2)19(23)21-10-12-26-13-14-27-15-18(22)20-9-7-5-6-8-11-28-30(24,25)29-17(3)4/h16-17H,5-15H2,1-4H3,(H,20,22)(H,21,23)(H,24,25). The molecular formula is C19H39N2O8P. The number of hydrogen-bond donors (Lipinski definition) is 3. The molecule has 11 heteroatoms. The van der Waals surface area contributed by atoms with E-state index in [-0.39, 0.29) is 37.0 Å². The average molecular weight is 455 g/mol. The molecule has 0 aromatic heterocycles. The molecule has 0 saturated carbocycles. The molecule has 0 aliphatic rings. The van der Waals surface area contributed by atoms with Crippen molar-refractivity contribution < 1.29 is 37.6 Å². The zero-order valence-electron chi connectivity index (χ0n) is 18.7. The summed E-state index contributed by atoms with van der Waals surface area (Å²) in [6.45, 7) is 9.18. The van der Waals surface area contributed by atoms with Gasteiger partial charge in [-0.15, -0.1) is 0 Å². The summed E-state index contributed by atoms with van der Waals surface area (Å²) in [5.41, 5.74) is 0. The van der Waals surface area contributed by atoms with E-state index in [4.69, 9.17) is 18.5 Å².